The molecule has 3 fully saturated rings. The summed E-state index contributed by atoms with van der Waals surface area (Å²) in [7, 11) is 0. The predicted molar refractivity (Wildman–Crippen MR) is 85.9 cm³/mol. The molecule has 3 saturated carbocycles. The van der Waals surface area contributed by atoms with Gasteiger partial charge < -0.3 is 0 Å². The van der Waals surface area contributed by atoms with Crippen LogP contribution < -0.4 is 0 Å². The Balaban J connectivity index is 1.69. The average molecular weight is 286 g/mol. The zero-order valence-electron chi connectivity index (χ0n) is 14.0. The van der Waals surface area contributed by atoms with Crippen LogP contribution >= 0.6 is 0 Å². The first kappa shape index (κ1) is 14.0. The molecule has 4 aliphatic rings. The van der Waals surface area contributed by atoms with Crippen LogP contribution in [0.15, 0.2) is 11.6 Å². The molecule has 0 spiro atoms. The largest absolute Gasteiger partial charge is 0.295 e. The molecule has 0 radical (unpaired) electrons. The summed E-state index contributed by atoms with van der Waals surface area (Å²) >= 11 is 0. The molecule has 1 heteroatoms. The van der Waals surface area contributed by atoms with Gasteiger partial charge >= 0.3 is 0 Å². The van der Waals surface area contributed by atoms with Gasteiger partial charge in [0.2, 0.25) is 0 Å². The number of carbonyl (C=O) groups is 1. The number of hydrogen-bond acceptors (Lipinski definition) is 1. The maximum absolute atomic E-state index is 11.8. The molecule has 4 rings (SSSR count). The third kappa shape index (κ3) is 1.79. The first-order chi connectivity index (χ1) is 9.95. The standard InChI is InChI=1S/C20H30O/c1-13-4-7-17-16-6-5-14-12-15(21)8-10-20(14,3)18(16)9-11-19(13,17)2/h12-13,16-18H,4-11H2,1-3H3. The monoisotopic (exact) mass is 286 g/mol. The maximum Gasteiger partial charge on any atom is 0.155 e. The summed E-state index contributed by atoms with van der Waals surface area (Å²) in [5.41, 5.74) is 2.47. The molecule has 4 aliphatic carbocycles. The van der Waals surface area contributed by atoms with Crippen molar-refractivity contribution in [1.29, 1.82) is 0 Å². The minimum atomic E-state index is 0.351. The molecule has 0 amide bonds. The van der Waals surface area contributed by atoms with Crippen LogP contribution in [0.4, 0.5) is 0 Å². The van der Waals surface area contributed by atoms with Gasteiger partial charge in [-0.25, -0.2) is 0 Å². The fourth-order valence-corrected chi connectivity index (χ4v) is 6.82. The Bertz CT molecular complexity index is 504. The van der Waals surface area contributed by atoms with Crippen LogP contribution in [0.2, 0.25) is 0 Å². The molecule has 21 heavy (non-hydrogen) atoms. The van der Waals surface area contributed by atoms with E-state index in [1.807, 2.05) is 6.08 Å². The number of carbonyl (C=O) groups excluding carboxylic acids is 1. The van der Waals surface area contributed by atoms with Crippen molar-refractivity contribution in [2.45, 2.75) is 72.1 Å². The molecule has 116 valence electrons. The van der Waals surface area contributed by atoms with Crippen molar-refractivity contribution >= 4 is 5.78 Å². The van der Waals surface area contributed by atoms with Crippen molar-refractivity contribution in [3.63, 3.8) is 0 Å². The molecule has 1 nitrogen and oxygen atoms in total. The third-order valence-electron chi connectivity index (χ3n) is 8.44. The quantitative estimate of drug-likeness (QED) is 0.601. The second kappa shape index (κ2) is 4.46. The van der Waals surface area contributed by atoms with Gasteiger partial charge in [0.15, 0.2) is 5.78 Å². The van der Waals surface area contributed by atoms with Gasteiger partial charge in [0.1, 0.15) is 0 Å². The maximum atomic E-state index is 11.8. The Morgan fingerprint density at radius 2 is 1.81 bits per heavy atom. The molecule has 0 aromatic carbocycles. The molecule has 0 N–H and O–H groups in total. The van der Waals surface area contributed by atoms with Crippen molar-refractivity contribution in [1.82, 2.24) is 0 Å². The number of ketones is 1. The van der Waals surface area contributed by atoms with Crippen molar-refractivity contribution in [3.8, 4) is 0 Å². The molecule has 0 bridgehead atoms. The SMILES string of the molecule is CC1CCC2C3CCC4=CC(=O)CCC4(C)C3CCC12C. The van der Waals surface area contributed by atoms with E-state index in [1.165, 1.54) is 44.1 Å². The van der Waals surface area contributed by atoms with Crippen LogP contribution in [-0.4, -0.2) is 5.78 Å². The fourth-order valence-electron chi connectivity index (χ4n) is 6.82. The number of fused-ring (bicyclic) bond motifs is 5. The molecular weight excluding hydrogens is 256 g/mol. The van der Waals surface area contributed by atoms with Gasteiger partial charge in [-0.1, -0.05) is 26.3 Å². The highest BCUT2D eigenvalue weighted by Gasteiger charge is 2.57. The van der Waals surface area contributed by atoms with Gasteiger partial charge in [-0.2, -0.15) is 0 Å². The molecular formula is C20H30O. The van der Waals surface area contributed by atoms with Gasteiger partial charge in [-0.15, -0.1) is 0 Å². The lowest BCUT2D eigenvalue weighted by Crippen LogP contribution is -2.50. The highest BCUT2D eigenvalue weighted by Crippen LogP contribution is 2.66. The van der Waals surface area contributed by atoms with E-state index in [0.29, 0.717) is 16.6 Å². The van der Waals surface area contributed by atoms with E-state index < -0.39 is 0 Å². The molecule has 0 saturated heterocycles. The Kier molecular flexibility index (Phi) is 2.98. The fraction of sp³-hybridized carbons (Fsp3) is 0.850. The van der Waals surface area contributed by atoms with E-state index >= 15 is 0 Å². The zero-order valence-corrected chi connectivity index (χ0v) is 14.0. The topological polar surface area (TPSA) is 17.1 Å². The minimum Gasteiger partial charge on any atom is -0.295 e. The van der Waals surface area contributed by atoms with Gasteiger partial charge in [-0.05, 0) is 85.5 Å². The Morgan fingerprint density at radius 3 is 2.62 bits per heavy atom. The van der Waals surface area contributed by atoms with E-state index in [9.17, 15) is 4.79 Å². The minimum absolute atomic E-state index is 0.351. The lowest BCUT2D eigenvalue weighted by molar-refractivity contribution is -0.117. The van der Waals surface area contributed by atoms with E-state index in [2.05, 4.69) is 20.8 Å². The van der Waals surface area contributed by atoms with Gasteiger partial charge in [0.25, 0.3) is 0 Å². The molecule has 0 aliphatic heterocycles. The lowest BCUT2D eigenvalue weighted by atomic mass is 9.47. The van der Waals surface area contributed by atoms with Crippen LogP contribution in [-0.2, 0) is 4.79 Å². The van der Waals surface area contributed by atoms with Crippen LogP contribution in [0, 0.1) is 34.5 Å². The molecule has 0 heterocycles. The lowest BCUT2D eigenvalue weighted by Gasteiger charge is -2.58. The van der Waals surface area contributed by atoms with Gasteiger partial charge in [-0.3, -0.25) is 4.79 Å². The Morgan fingerprint density at radius 1 is 1.00 bits per heavy atom. The average Bonchev–Trinajstić information content (AvgIpc) is 2.76. The number of hydrogen-bond donors (Lipinski definition) is 0. The predicted octanol–water partition coefficient (Wildman–Crippen LogP) is 5.15. The van der Waals surface area contributed by atoms with Crippen molar-refractivity contribution in [3.05, 3.63) is 11.6 Å². The summed E-state index contributed by atoms with van der Waals surface area (Å²) in [6.45, 7) is 7.57. The number of rotatable bonds is 0. The smallest absolute Gasteiger partial charge is 0.155 e. The highest BCUT2D eigenvalue weighted by atomic mass is 16.1. The van der Waals surface area contributed by atoms with Gasteiger partial charge in [0, 0.05) is 6.42 Å². The van der Waals surface area contributed by atoms with Crippen molar-refractivity contribution in [2.75, 3.05) is 0 Å². The zero-order chi connectivity index (χ0) is 14.8. The van der Waals surface area contributed by atoms with Crippen LogP contribution in [0.3, 0.4) is 0 Å². The first-order valence-electron chi connectivity index (χ1n) is 9.19. The normalized spacial score (nSPS) is 52.7. The van der Waals surface area contributed by atoms with E-state index in [1.54, 1.807) is 0 Å². The van der Waals surface area contributed by atoms with E-state index in [0.717, 1.165) is 36.5 Å². The second-order valence-corrected chi connectivity index (χ2v) is 8.99. The summed E-state index contributed by atoms with van der Waals surface area (Å²) < 4.78 is 0. The first-order valence-corrected chi connectivity index (χ1v) is 9.19. The van der Waals surface area contributed by atoms with E-state index in [-0.39, 0.29) is 0 Å². The Labute approximate surface area is 129 Å². The second-order valence-electron chi connectivity index (χ2n) is 8.99. The van der Waals surface area contributed by atoms with Crippen LogP contribution in [0.25, 0.3) is 0 Å². The summed E-state index contributed by atoms with van der Waals surface area (Å²) in [6, 6.07) is 0. The van der Waals surface area contributed by atoms with Crippen molar-refractivity contribution < 1.29 is 4.79 Å². The van der Waals surface area contributed by atoms with Crippen LogP contribution in [0.1, 0.15) is 72.1 Å². The summed E-state index contributed by atoms with van der Waals surface area (Å²) in [6.07, 6.45) is 12.2. The molecule has 6 unspecified atom stereocenters. The number of allylic oxidation sites excluding steroid dienone is 1. The highest BCUT2D eigenvalue weighted by molar-refractivity contribution is 5.91. The summed E-state index contributed by atoms with van der Waals surface area (Å²) in [5.74, 6) is 4.05. The van der Waals surface area contributed by atoms with E-state index in [4.69, 9.17) is 0 Å². The third-order valence-corrected chi connectivity index (χ3v) is 8.44. The Hall–Kier alpha value is -0.590. The molecule has 6 atom stereocenters. The summed E-state index contributed by atoms with van der Waals surface area (Å²) in [4.78, 5) is 11.8. The van der Waals surface area contributed by atoms with Crippen molar-refractivity contribution in [2.24, 2.45) is 34.5 Å². The molecule has 0 aromatic rings. The van der Waals surface area contributed by atoms with Crippen LogP contribution in [0.5, 0.6) is 0 Å². The van der Waals surface area contributed by atoms with Gasteiger partial charge in [0.05, 0.1) is 0 Å². The molecule has 0 aromatic heterocycles. The summed E-state index contributed by atoms with van der Waals surface area (Å²) in [5, 5.41) is 0.